The first-order valence-corrected chi connectivity index (χ1v) is 21.3. The zero-order valence-electron chi connectivity index (χ0n) is 26.6. The topological polar surface area (TPSA) is 335 Å². The molecule has 28 heteroatoms. The van der Waals surface area contributed by atoms with Crippen LogP contribution in [0.1, 0.15) is 43.3 Å². The fourth-order valence-corrected chi connectivity index (χ4v) is 11.0. The van der Waals surface area contributed by atoms with E-state index in [9.17, 15) is 43.2 Å². The van der Waals surface area contributed by atoms with Crippen molar-refractivity contribution in [2.45, 2.75) is 44.1 Å². The molecule has 3 unspecified atom stereocenters. The molecular weight excluding hydrogens is 835 g/mol. The molecular formula is C25H26Cl2N6O16P4. The van der Waals surface area contributed by atoms with Gasteiger partial charge < -0.3 is 39.4 Å². The summed E-state index contributed by atoms with van der Waals surface area (Å²) in [5.41, 5.74) is 1.13. The third-order valence-electron chi connectivity index (χ3n) is 7.96. The molecule has 3 aliphatic heterocycles. The third-order valence-corrected chi connectivity index (χ3v) is 14.1. The number of phenols is 1. The van der Waals surface area contributed by atoms with Gasteiger partial charge in [0.25, 0.3) is 0 Å². The first-order chi connectivity index (χ1) is 24.4. The fourth-order valence-electron chi connectivity index (χ4n) is 5.84. The van der Waals surface area contributed by atoms with Crippen molar-refractivity contribution >= 4 is 72.4 Å². The maximum atomic E-state index is 12.4. The Morgan fingerprint density at radius 1 is 1.02 bits per heavy atom. The normalized spacial score (nSPS) is 24.5. The van der Waals surface area contributed by atoms with E-state index in [0.717, 1.165) is 6.34 Å². The van der Waals surface area contributed by atoms with Gasteiger partial charge in [-0.15, -0.1) is 0 Å². The summed E-state index contributed by atoms with van der Waals surface area (Å²) in [6, 6.07) is 6.65. The summed E-state index contributed by atoms with van der Waals surface area (Å²) in [6.07, 6.45) is -3.12. The van der Waals surface area contributed by atoms with E-state index in [1.165, 1.54) is 10.6 Å². The Morgan fingerprint density at radius 3 is 2.36 bits per heavy atom. The maximum Gasteiger partial charge on any atom is 0.490 e. The summed E-state index contributed by atoms with van der Waals surface area (Å²) < 4.78 is 69.8. The second kappa shape index (κ2) is 13.9. The summed E-state index contributed by atoms with van der Waals surface area (Å²) in [4.78, 5) is 63.6. The highest BCUT2D eigenvalue weighted by Crippen LogP contribution is 2.70. The van der Waals surface area contributed by atoms with Crippen LogP contribution < -0.4 is 10.8 Å². The summed E-state index contributed by atoms with van der Waals surface area (Å²) in [6.45, 7) is 2.74. The number of phosphoric acid groups is 4. The Kier molecular flexibility index (Phi) is 10.5. The van der Waals surface area contributed by atoms with Gasteiger partial charge in [0.1, 0.15) is 24.2 Å². The van der Waals surface area contributed by atoms with Crippen molar-refractivity contribution in [1.29, 1.82) is 5.41 Å². The number of amidine groups is 1. The van der Waals surface area contributed by atoms with Gasteiger partial charge in [-0.05, 0) is 29.8 Å². The summed E-state index contributed by atoms with van der Waals surface area (Å²) in [7, 11) is -23.5. The van der Waals surface area contributed by atoms with Crippen LogP contribution in [0.3, 0.4) is 0 Å². The number of aliphatic hydroxyl groups excluding tert-OH is 1. The van der Waals surface area contributed by atoms with Crippen molar-refractivity contribution in [3.63, 3.8) is 0 Å². The number of benzene rings is 2. The molecule has 0 amide bonds. The zero-order chi connectivity index (χ0) is 39.1. The number of halogens is 2. The lowest BCUT2D eigenvalue weighted by Crippen LogP contribution is -2.31. The van der Waals surface area contributed by atoms with Crippen molar-refractivity contribution in [2.75, 3.05) is 6.61 Å². The summed E-state index contributed by atoms with van der Waals surface area (Å²) >= 11 is 12.7. The summed E-state index contributed by atoms with van der Waals surface area (Å²) in [5, 5.41) is 30.7. The molecule has 1 aromatic heterocycles. The number of phenolic OH excluding ortho intramolecular Hbond substituents is 1. The van der Waals surface area contributed by atoms with E-state index >= 15 is 0 Å². The molecule has 0 spiro atoms. The Hall–Kier alpha value is -2.55. The molecule has 1 fully saturated rings. The molecule has 53 heavy (non-hydrogen) atoms. The van der Waals surface area contributed by atoms with Crippen molar-refractivity contribution in [1.82, 2.24) is 9.55 Å². The zero-order valence-corrected chi connectivity index (χ0v) is 31.7. The number of phosphoric ester groups is 1. The number of fused-ring (bicyclic) bond motifs is 3. The minimum atomic E-state index is -6.07. The average Bonchev–Trinajstić information content (AvgIpc) is 3.57. The number of aromatic nitrogens is 2. The molecule has 8 N–H and O–H groups in total. The fraction of sp³-hybridized carbons (Fsp3) is 0.320. The van der Waals surface area contributed by atoms with Crippen LogP contribution in [-0.2, 0) is 45.9 Å². The predicted octanol–water partition coefficient (Wildman–Crippen LogP) is 2.87. The maximum absolute atomic E-state index is 12.4. The molecule has 0 bridgehead atoms. The second-order valence-corrected chi connectivity index (χ2v) is 18.7. The number of hydrogen-bond donors (Lipinski definition) is 8. The van der Waals surface area contributed by atoms with E-state index in [2.05, 4.69) is 37.4 Å². The Morgan fingerprint density at radius 2 is 1.68 bits per heavy atom. The Balaban J connectivity index is 1.33. The SMILES string of the molecule is CC1(C)c2c(cc(Cl)c(O)c2Cl)N=c2ccc(=c3nc4c(n3[C@H]3C[C@H](O)[C@@H](COP(=O)(O)OP(=O)(O)OP(=O)(O)OP(=O)(O)O)O3)=NC=NC4=N)cc21. The number of nitrogens with one attached hydrogen (secondary N) is 1. The largest absolute Gasteiger partial charge is 0.505 e. The van der Waals surface area contributed by atoms with Gasteiger partial charge in [-0.1, -0.05) is 37.0 Å². The van der Waals surface area contributed by atoms with Gasteiger partial charge in [0, 0.05) is 22.6 Å². The first-order valence-electron chi connectivity index (χ1n) is 14.6. The van der Waals surface area contributed by atoms with Crippen LogP contribution in [0.2, 0.25) is 10.0 Å². The van der Waals surface area contributed by atoms with Gasteiger partial charge in [0.05, 0.1) is 33.8 Å². The molecule has 6 atom stereocenters. The van der Waals surface area contributed by atoms with Crippen molar-refractivity contribution < 1.29 is 75.1 Å². The number of imidazole rings is 1. The predicted molar refractivity (Wildman–Crippen MR) is 179 cm³/mol. The lowest BCUT2D eigenvalue weighted by molar-refractivity contribution is -0.0453. The second-order valence-electron chi connectivity index (χ2n) is 12.0. The number of aliphatic imine (C=N–C) groups is 1. The van der Waals surface area contributed by atoms with Crippen LogP contribution in [0.4, 0.5) is 5.69 Å². The van der Waals surface area contributed by atoms with Crippen LogP contribution in [0.25, 0.3) is 0 Å². The smallest absolute Gasteiger partial charge is 0.490 e. The Labute approximate surface area is 305 Å². The lowest BCUT2D eigenvalue weighted by Gasteiger charge is -2.32. The molecule has 6 rings (SSSR count). The average molecular weight is 861 g/mol. The highest BCUT2D eigenvalue weighted by atomic mass is 35.5. The number of aliphatic hydroxyl groups is 1. The third kappa shape index (κ3) is 8.21. The molecule has 0 aliphatic carbocycles. The van der Waals surface area contributed by atoms with E-state index < -0.39 is 61.7 Å². The number of hydrogen-bond acceptors (Lipinski definition) is 15. The number of ether oxygens (including phenoxy) is 1. The van der Waals surface area contributed by atoms with E-state index in [1.54, 1.807) is 18.2 Å². The standard InChI is InChI=1S/C25H26Cl2N6O16P4/c1-25(2)11-5-10(3-4-13(11)31-14-6-12(26)21(35)19(27)18(14)25)23-32-20-22(28)29-9-30-24(20)33(23)17-7-15(34)16(46-17)8-45-51(39,40)48-53(43,44)49-52(41,42)47-50(36,37)38/h3-6,9,15-17,28,34-35H,7-8H2,1-2H3,(H,39,40)(H,41,42)(H,43,44)(H2,36,37,38)/t15-,16+,17+/m0/s1. The van der Waals surface area contributed by atoms with Gasteiger partial charge in [0.15, 0.2) is 22.8 Å². The molecule has 1 saturated heterocycles. The van der Waals surface area contributed by atoms with Crippen molar-refractivity contribution in [3.05, 3.63) is 72.7 Å². The minimum absolute atomic E-state index is 0.0229. The van der Waals surface area contributed by atoms with Crippen LogP contribution in [-0.4, -0.2) is 75.2 Å². The quantitative estimate of drug-likeness (QED) is 0.136. The molecule has 2 aromatic carbocycles. The van der Waals surface area contributed by atoms with Crippen LogP contribution in [0, 0.1) is 16.1 Å². The van der Waals surface area contributed by atoms with Crippen LogP contribution in [0.15, 0.2) is 39.2 Å². The van der Waals surface area contributed by atoms with E-state index in [1.807, 2.05) is 13.8 Å². The summed E-state index contributed by atoms with van der Waals surface area (Å²) in [5.74, 6) is -0.553. The van der Waals surface area contributed by atoms with Crippen LogP contribution in [0.5, 0.6) is 5.75 Å². The number of rotatable bonds is 10. The van der Waals surface area contributed by atoms with Gasteiger partial charge in [-0.2, -0.15) is 12.9 Å². The van der Waals surface area contributed by atoms with E-state index in [0.29, 0.717) is 27.4 Å². The minimum Gasteiger partial charge on any atom is -0.505 e. The number of aromatic hydroxyl groups is 1. The monoisotopic (exact) mass is 860 g/mol. The van der Waals surface area contributed by atoms with Crippen LogP contribution >= 0.6 is 54.5 Å². The first kappa shape index (κ1) is 40.1. The molecule has 3 aliphatic rings. The molecule has 0 radical (unpaired) electrons. The lowest BCUT2D eigenvalue weighted by atomic mass is 9.75. The van der Waals surface area contributed by atoms with Gasteiger partial charge in [0.2, 0.25) is 0 Å². The van der Waals surface area contributed by atoms with Crippen molar-refractivity contribution in [2.24, 2.45) is 15.0 Å². The van der Waals surface area contributed by atoms with E-state index in [4.69, 9.17) is 43.1 Å². The Bertz CT molecular complexity index is 2530. The molecule has 4 heterocycles. The van der Waals surface area contributed by atoms with Gasteiger partial charge >= 0.3 is 31.3 Å². The molecule has 0 saturated carbocycles. The van der Waals surface area contributed by atoms with Gasteiger partial charge in [-0.3, -0.25) is 14.5 Å². The highest BCUT2D eigenvalue weighted by Gasteiger charge is 2.46. The van der Waals surface area contributed by atoms with Gasteiger partial charge in [-0.25, -0.2) is 38.2 Å². The molecule has 3 aromatic rings. The number of nitrogens with zero attached hydrogens (tertiary/aromatic N) is 5. The van der Waals surface area contributed by atoms with E-state index in [-0.39, 0.29) is 44.7 Å². The molecule has 22 nitrogen and oxygen atoms in total. The van der Waals surface area contributed by atoms with Crippen molar-refractivity contribution in [3.8, 4) is 5.75 Å². The highest BCUT2D eigenvalue weighted by molar-refractivity contribution is 7.69. The molecule has 286 valence electrons.